The van der Waals surface area contributed by atoms with E-state index >= 15 is 0 Å². The van der Waals surface area contributed by atoms with Crippen LogP contribution in [-0.4, -0.2) is 48.9 Å². The van der Waals surface area contributed by atoms with Gasteiger partial charge in [-0.3, -0.25) is 4.79 Å². The number of ketones is 1. The molecular formula is C22H30N2O2. The maximum absolute atomic E-state index is 12.3. The topological polar surface area (TPSA) is 43.8 Å². The molecule has 0 amide bonds. The maximum Gasteiger partial charge on any atom is 0.185 e. The lowest BCUT2D eigenvalue weighted by Gasteiger charge is -2.16. The van der Waals surface area contributed by atoms with Crippen molar-refractivity contribution >= 4 is 5.78 Å². The molecule has 0 heterocycles. The summed E-state index contributed by atoms with van der Waals surface area (Å²) in [6.07, 6.45) is 22.5. The second-order valence-electron chi connectivity index (χ2n) is 6.48. The molecule has 4 nitrogen and oxygen atoms in total. The van der Waals surface area contributed by atoms with Crippen LogP contribution < -0.4 is 0 Å². The van der Waals surface area contributed by atoms with Crippen LogP contribution in [0.15, 0.2) is 84.0 Å². The molecule has 26 heavy (non-hydrogen) atoms. The van der Waals surface area contributed by atoms with Crippen LogP contribution in [0.4, 0.5) is 0 Å². The molecule has 0 atom stereocenters. The van der Waals surface area contributed by atoms with Gasteiger partial charge in [0.2, 0.25) is 0 Å². The Hall–Kier alpha value is -2.75. The predicted molar refractivity (Wildman–Crippen MR) is 110 cm³/mol. The monoisotopic (exact) mass is 354 g/mol. The average molecular weight is 354 g/mol. The Bertz CT molecular complexity index is 672. The second kappa shape index (κ2) is 11.7. The van der Waals surface area contributed by atoms with E-state index in [1.807, 2.05) is 86.8 Å². The van der Waals surface area contributed by atoms with Gasteiger partial charge in [0.1, 0.15) is 5.76 Å². The lowest BCUT2D eigenvalue weighted by molar-refractivity contribution is -0.111. The van der Waals surface area contributed by atoms with Crippen molar-refractivity contribution in [2.75, 3.05) is 28.2 Å². The minimum absolute atomic E-state index is 0.128. The normalized spacial score (nSPS) is 17.8. The van der Waals surface area contributed by atoms with Gasteiger partial charge in [-0.25, -0.2) is 0 Å². The lowest BCUT2D eigenvalue weighted by atomic mass is 9.90. The molecule has 140 valence electrons. The van der Waals surface area contributed by atoms with Crippen molar-refractivity contribution in [1.82, 2.24) is 9.80 Å². The predicted octanol–water partition coefficient (Wildman–Crippen LogP) is 4.30. The van der Waals surface area contributed by atoms with Crippen LogP contribution in [0.25, 0.3) is 0 Å². The van der Waals surface area contributed by atoms with Crippen LogP contribution in [-0.2, 0) is 4.79 Å². The Labute approximate surface area is 157 Å². The summed E-state index contributed by atoms with van der Waals surface area (Å²) in [5.41, 5.74) is 1.31. The first-order valence-electron chi connectivity index (χ1n) is 8.77. The van der Waals surface area contributed by atoms with E-state index in [9.17, 15) is 9.90 Å². The van der Waals surface area contributed by atoms with Crippen LogP contribution in [0.3, 0.4) is 0 Å². The van der Waals surface area contributed by atoms with E-state index in [-0.39, 0.29) is 11.5 Å². The Morgan fingerprint density at radius 1 is 0.846 bits per heavy atom. The van der Waals surface area contributed by atoms with Crippen molar-refractivity contribution in [3.8, 4) is 0 Å². The summed E-state index contributed by atoms with van der Waals surface area (Å²) in [7, 11) is 7.80. The zero-order valence-electron chi connectivity index (χ0n) is 16.2. The number of allylic oxidation sites excluding steroid dienone is 11. The number of aliphatic hydroxyl groups excluding tert-OH is 1. The van der Waals surface area contributed by atoms with Gasteiger partial charge in [-0.2, -0.15) is 0 Å². The molecule has 0 aliphatic heterocycles. The van der Waals surface area contributed by atoms with Gasteiger partial charge >= 0.3 is 0 Å². The summed E-state index contributed by atoms with van der Waals surface area (Å²) in [5.74, 6) is -0.00514. The fraction of sp³-hybridized carbons (Fsp3) is 0.318. The number of aliphatic hydroxyl groups is 1. The van der Waals surface area contributed by atoms with Crippen LogP contribution in [0, 0.1) is 0 Å². The van der Waals surface area contributed by atoms with Gasteiger partial charge in [-0.05, 0) is 55.5 Å². The fourth-order valence-electron chi connectivity index (χ4n) is 2.34. The summed E-state index contributed by atoms with van der Waals surface area (Å²) >= 11 is 0. The zero-order chi connectivity index (χ0) is 19.4. The third-order valence-electron chi connectivity index (χ3n) is 3.63. The number of hydrogen-bond acceptors (Lipinski definition) is 4. The molecule has 1 aliphatic rings. The van der Waals surface area contributed by atoms with Crippen molar-refractivity contribution in [2.45, 2.75) is 19.3 Å². The number of nitrogens with zero attached hydrogens (tertiary/aromatic N) is 2. The zero-order valence-corrected chi connectivity index (χ0v) is 16.2. The molecule has 1 N–H and O–H groups in total. The number of carbonyl (C=O) groups is 1. The molecule has 0 unspecified atom stereocenters. The number of hydrogen-bond donors (Lipinski definition) is 1. The highest BCUT2D eigenvalue weighted by Gasteiger charge is 2.20. The minimum atomic E-state index is -0.133. The molecule has 0 radical (unpaired) electrons. The Morgan fingerprint density at radius 3 is 2.04 bits per heavy atom. The average Bonchev–Trinajstić information content (AvgIpc) is 2.58. The largest absolute Gasteiger partial charge is 0.507 e. The highest BCUT2D eigenvalue weighted by Crippen LogP contribution is 2.28. The standard InChI is InChI=1S/C22H30N2O2/c1-23(2)17-10-6-5-9-16-21(25)20-15-12-14-19(22(20)26)13-8-7-11-18-24(3)4/h5-11,13,16-18,26H,12,14-15H2,1-4H3/b6-5+,8-7+,16-9+,17-10+,18-11+,19-13+. The van der Waals surface area contributed by atoms with Gasteiger partial charge in [0.15, 0.2) is 5.78 Å². The third kappa shape index (κ3) is 8.38. The first kappa shape index (κ1) is 21.3. The molecule has 0 saturated carbocycles. The van der Waals surface area contributed by atoms with Gasteiger partial charge in [0.05, 0.1) is 0 Å². The first-order valence-corrected chi connectivity index (χ1v) is 8.77. The molecular weight excluding hydrogens is 324 g/mol. The highest BCUT2D eigenvalue weighted by molar-refractivity contribution is 6.05. The smallest absolute Gasteiger partial charge is 0.185 e. The van der Waals surface area contributed by atoms with E-state index in [2.05, 4.69) is 0 Å². The van der Waals surface area contributed by atoms with Gasteiger partial charge in [0, 0.05) is 33.8 Å². The molecule has 0 bridgehead atoms. The van der Waals surface area contributed by atoms with Gasteiger partial charge in [-0.1, -0.05) is 36.5 Å². The SMILES string of the molecule is CN(C)/C=C/C=C/C=C/C(=O)C1=C(O)/C(=C/C=C/C=C/N(C)C)CCC1. The minimum Gasteiger partial charge on any atom is -0.507 e. The van der Waals surface area contributed by atoms with E-state index in [0.717, 1.165) is 18.4 Å². The quantitative estimate of drug-likeness (QED) is 0.521. The van der Waals surface area contributed by atoms with E-state index in [1.54, 1.807) is 12.2 Å². The third-order valence-corrected chi connectivity index (χ3v) is 3.63. The Kier molecular flexibility index (Phi) is 9.62. The van der Waals surface area contributed by atoms with Crippen molar-refractivity contribution in [2.24, 2.45) is 0 Å². The van der Waals surface area contributed by atoms with E-state index in [4.69, 9.17) is 0 Å². The summed E-state index contributed by atoms with van der Waals surface area (Å²) in [5, 5.41) is 10.4. The molecule has 1 aliphatic carbocycles. The van der Waals surface area contributed by atoms with Crippen molar-refractivity contribution < 1.29 is 9.90 Å². The molecule has 4 heteroatoms. The molecule has 0 spiro atoms. The fourth-order valence-corrected chi connectivity index (χ4v) is 2.34. The molecule has 0 fully saturated rings. The van der Waals surface area contributed by atoms with Crippen LogP contribution >= 0.6 is 0 Å². The van der Waals surface area contributed by atoms with Gasteiger partial charge < -0.3 is 14.9 Å². The highest BCUT2D eigenvalue weighted by atomic mass is 16.3. The first-order chi connectivity index (χ1) is 12.4. The molecule has 1 rings (SSSR count). The van der Waals surface area contributed by atoms with E-state index in [1.165, 1.54) is 6.08 Å². The maximum atomic E-state index is 12.3. The summed E-state index contributed by atoms with van der Waals surface area (Å²) < 4.78 is 0. The molecule has 0 aromatic carbocycles. The lowest BCUT2D eigenvalue weighted by Crippen LogP contribution is -2.09. The van der Waals surface area contributed by atoms with Crippen LogP contribution in [0.1, 0.15) is 19.3 Å². The Balaban J connectivity index is 2.76. The number of carbonyl (C=O) groups excluding carboxylic acids is 1. The second-order valence-corrected chi connectivity index (χ2v) is 6.48. The van der Waals surface area contributed by atoms with Crippen molar-refractivity contribution in [3.05, 3.63) is 84.0 Å². The molecule has 0 aromatic rings. The van der Waals surface area contributed by atoms with E-state index in [0.29, 0.717) is 12.0 Å². The summed E-state index contributed by atoms with van der Waals surface area (Å²) in [4.78, 5) is 16.2. The van der Waals surface area contributed by atoms with E-state index < -0.39 is 0 Å². The molecule has 0 saturated heterocycles. The van der Waals surface area contributed by atoms with Crippen LogP contribution in [0.5, 0.6) is 0 Å². The van der Waals surface area contributed by atoms with Gasteiger partial charge in [-0.15, -0.1) is 0 Å². The van der Waals surface area contributed by atoms with Gasteiger partial charge in [0.25, 0.3) is 0 Å². The molecule has 0 aromatic heterocycles. The Morgan fingerprint density at radius 2 is 1.42 bits per heavy atom. The summed E-state index contributed by atoms with van der Waals surface area (Å²) in [6.45, 7) is 0. The van der Waals surface area contributed by atoms with Crippen LogP contribution in [0.2, 0.25) is 0 Å². The van der Waals surface area contributed by atoms with Crippen molar-refractivity contribution in [1.29, 1.82) is 0 Å². The number of rotatable bonds is 8. The summed E-state index contributed by atoms with van der Waals surface area (Å²) in [6, 6.07) is 0. The van der Waals surface area contributed by atoms with Crippen molar-refractivity contribution in [3.63, 3.8) is 0 Å².